The Morgan fingerprint density at radius 3 is 2.59 bits per heavy atom. The minimum Gasteiger partial charge on any atom is -0.430 e. The summed E-state index contributed by atoms with van der Waals surface area (Å²) in [5, 5.41) is 13.2. The molecule has 0 saturated carbocycles. The van der Waals surface area contributed by atoms with Crippen molar-refractivity contribution in [2.75, 3.05) is 7.05 Å². The first-order chi connectivity index (χ1) is 8.17. The monoisotopic (exact) mass is 289 g/mol. The van der Waals surface area contributed by atoms with Crippen LogP contribution in [-0.2, 0) is 6.54 Å². The highest BCUT2D eigenvalue weighted by atomic mass is 35.5. The van der Waals surface area contributed by atoms with Crippen molar-refractivity contribution in [1.82, 2.24) is 15.5 Å². The summed E-state index contributed by atoms with van der Waals surface area (Å²) in [5.74, 6) is 0.551. The summed E-state index contributed by atoms with van der Waals surface area (Å²) in [6.07, 6.45) is 0. The van der Waals surface area contributed by atoms with Gasteiger partial charge in [0.15, 0.2) is 0 Å². The molecular weight excluding hydrogens is 281 g/mol. The third kappa shape index (κ3) is 3.54. The van der Waals surface area contributed by atoms with Crippen LogP contribution in [0.4, 0.5) is 0 Å². The highest BCUT2D eigenvalue weighted by Gasteiger charge is 2.06. The Kier molecular flexibility index (Phi) is 4.17. The summed E-state index contributed by atoms with van der Waals surface area (Å²) in [6, 6.07) is 4.99. The van der Waals surface area contributed by atoms with Crippen LogP contribution in [0.25, 0.3) is 0 Å². The van der Waals surface area contributed by atoms with Gasteiger partial charge in [0.05, 0.1) is 0 Å². The normalized spacial score (nSPS) is 10.5. The molecular formula is C10H9Cl2N3OS. The maximum Gasteiger partial charge on any atom is 0.299 e. The zero-order chi connectivity index (χ0) is 12.3. The van der Waals surface area contributed by atoms with Crippen LogP contribution in [0, 0.1) is 0 Å². The van der Waals surface area contributed by atoms with E-state index in [4.69, 9.17) is 27.9 Å². The van der Waals surface area contributed by atoms with Gasteiger partial charge in [-0.15, -0.1) is 5.10 Å². The Hall–Kier alpha value is -0.880. The fourth-order valence-electron chi connectivity index (χ4n) is 1.19. The lowest BCUT2D eigenvalue weighted by Gasteiger charge is -2.01. The molecule has 0 aliphatic rings. The van der Waals surface area contributed by atoms with E-state index in [0.29, 0.717) is 27.5 Å². The number of aromatic nitrogens is 2. The Bertz CT molecular complexity index is 498. The fourth-order valence-corrected chi connectivity index (χ4v) is 2.42. The molecule has 0 atom stereocenters. The van der Waals surface area contributed by atoms with E-state index in [-0.39, 0.29) is 0 Å². The first kappa shape index (κ1) is 12.6. The number of halogens is 2. The van der Waals surface area contributed by atoms with E-state index in [0.717, 1.165) is 5.01 Å². The molecule has 0 radical (unpaired) electrons. The summed E-state index contributed by atoms with van der Waals surface area (Å²) in [7, 11) is 1.85. The molecule has 17 heavy (non-hydrogen) atoms. The van der Waals surface area contributed by atoms with Crippen molar-refractivity contribution < 1.29 is 4.74 Å². The predicted molar refractivity (Wildman–Crippen MR) is 69.2 cm³/mol. The van der Waals surface area contributed by atoms with E-state index in [1.165, 1.54) is 11.3 Å². The Balaban J connectivity index is 2.13. The van der Waals surface area contributed by atoms with Crippen LogP contribution in [0.5, 0.6) is 10.9 Å². The summed E-state index contributed by atoms with van der Waals surface area (Å²) in [4.78, 5) is 0. The highest BCUT2D eigenvalue weighted by molar-refractivity contribution is 7.13. The lowest BCUT2D eigenvalue weighted by atomic mass is 10.3. The number of hydrogen-bond acceptors (Lipinski definition) is 5. The van der Waals surface area contributed by atoms with Crippen LogP contribution >= 0.6 is 34.5 Å². The van der Waals surface area contributed by atoms with Crippen molar-refractivity contribution in [3.8, 4) is 10.9 Å². The molecule has 1 aromatic heterocycles. The quantitative estimate of drug-likeness (QED) is 0.938. The molecule has 0 spiro atoms. The minimum absolute atomic E-state index is 0.466. The lowest BCUT2D eigenvalue weighted by Crippen LogP contribution is -2.04. The maximum atomic E-state index is 5.86. The van der Waals surface area contributed by atoms with Crippen LogP contribution in [0.15, 0.2) is 18.2 Å². The SMILES string of the molecule is CNCc1nnc(Oc2cc(Cl)cc(Cl)c2)s1. The van der Waals surface area contributed by atoms with Crippen LogP contribution < -0.4 is 10.1 Å². The molecule has 0 amide bonds. The third-order valence-corrected chi connectivity index (χ3v) is 3.06. The van der Waals surface area contributed by atoms with E-state index in [9.17, 15) is 0 Å². The van der Waals surface area contributed by atoms with Crippen molar-refractivity contribution in [1.29, 1.82) is 0 Å². The maximum absolute atomic E-state index is 5.86. The van der Waals surface area contributed by atoms with Gasteiger partial charge >= 0.3 is 0 Å². The van der Waals surface area contributed by atoms with Gasteiger partial charge in [-0.25, -0.2) is 0 Å². The fraction of sp³-hybridized carbons (Fsp3) is 0.200. The Morgan fingerprint density at radius 1 is 1.24 bits per heavy atom. The van der Waals surface area contributed by atoms with Crippen molar-refractivity contribution in [3.05, 3.63) is 33.3 Å². The van der Waals surface area contributed by atoms with Crippen molar-refractivity contribution >= 4 is 34.5 Å². The minimum atomic E-state index is 0.466. The van der Waals surface area contributed by atoms with Crippen LogP contribution in [-0.4, -0.2) is 17.2 Å². The molecule has 4 nitrogen and oxygen atoms in total. The molecule has 1 N–H and O–H groups in total. The van der Waals surface area contributed by atoms with Crippen LogP contribution in [0.1, 0.15) is 5.01 Å². The van der Waals surface area contributed by atoms with Gasteiger partial charge in [-0.3, -0.25) is 0 Å². The lowest BCUT2D eigenvalue weighted by molar-refractivity contribution is 0.473. The summed E-state index contributed by atoms with van der Waals surface area (Å²) < 4.78 is 5.52. The standard InChI is InChI=1S/C10H9Cl2N3OS/c1-13-5-9-14-15-10(17-9)16-8-3-6(11)2-7(12)4-8/h2-4,13H,5H2,1H3. The second-order valence-electron chi connectivity index (χ2n) is 3.20. The number of nitrogens with one attached hydrogen (secondary N) is 1. The summed E-state index contributed by atoms with van der Waals surface area (Å²) in [5.41, 5.74) is 0. The van der Waals surface area contributed by atoms with Gasteiger partial charge in [-0.1, -0.05) is 39.6 Å². The Morgan fingerprint density at radius 2 is 1.94 bits per heavy atom. The Labute approximate surface area is 113 Å². The number of ether oxygens (including phenoxy) is 1. The molecule has 0 aliphatic heterocycles. The largest absolute Gasteiger partial charge is 0.430 e. The van der Waals surface area contributed by atoms with Gasteiger partial charge in [-0.05, 0) is 25.2 Å². The van der Waals surface area contributed by atoms with Gasteiger partial charge in [-0.2, -0.15) is 0 Å². The topological polar surface area (TPSA) is 47.0 Å². The van der Waals surface area contributed by atoms with Crippen molar-refractivity contribution in [2.24, 2.45) is 0 Å². The van der Waals surface area contributed by atoms with Gasteiger partial charge in [0.25, 0.3) is 5.19 Å². The van der Waals surface area contributed by atoms with Crippen molar-refractivity contribution in [3.63, 3.8) is 0 Å². The average molecular weight is 290 g/mol. The summed E-state index contributed by atoms with van der Waals surface area (Å²) >= 11 is 13.1. The zero-order valence-corrected chi connectivity index (χ0v) is 11.2. The number of hydrogen-bond donors (Lipinski definition) is 1. The van der Waals surface area contributed by atoms with E-state index in [1.54, 1.807) is 18.2 Å². The van der Waals surface area contributed by atoms with E-state index in [1.807, 2.05) is 7.05 Å². The molecule has 1 heterocycles. The zero-order valence-electron chi connectivity index (χ0n) is 8.91. The van der Waals surface area contributed by atoms with Crippen LogP contribution in [0.2, 0.25) is 10.0 Å². The molecule has 0 aliphatic carbocycles. The molecule has 90 valence electrons. The summed E-state index contributed by atoms with van der Waals surface area (Å²) in [6.45, 7) is 0.664. The van der Waals surface area contributed by atoms with Crippen molar-refractivity contribution in [2.45, 2.75) is 6.54 Å². The first-order valence-electron chi connectivity index (χ1n) is 4.78. The number of benzene rings is 1. The van der Waals surface area contributed by atoms with Crippen LogP contribution in [0.3, 0.4) is 0 Å². The second kappa shape index (κ2) is 5.64. The van der Waals surface area contributed by atoms with E-state index < -0.39 is 0 Å². The highest BCUT2D eigenvalue weighted by Crippen LogP contribution is 2.29. The number of rotatable bonds is 4. The predicted octanol–water partition coefficient (Wildman–Crippen LogP) is 3.36. The van der Waals surface area contributed by atoms with Gasteiger partial charge in [0.2, 0.25) is 0 Å². The molecule has 0 fully saturated rings. The molecule has 2 rings (SSSR count). The number of nitrogens with zero attached hydrogens (tertiary/aromatic N) is 2. The van der Waals surface area contributed by atoms with E-state index >= 15 is 0 Å². The average Bonchev–Trinajstić information content (AvgIpc) is 2.64. The van der Waals surface area contributed by atoms with Gasteiger partial charge < -0.3 is 10.1 Å². The third-order valence-electron chi connectivity index (χ3n) is 1.82. The molecule has 2 aromatic rings. The second-order valence-corrected chi connectivity index (χ2v) is 5.10. The molecule has 1 aromatic carbocycles. The molecule has 0 bridgehead atoms. The van der Waals surface area contributed by atoms with E-state index in [2.05, 4.69) is 15.5 Å². The van der Waals surface area contributed by atoms with Gasteiger partial charge in [0.1, 0.15) is 10.8 Å². The molecule has 0 unspecified atom stereocenters. The van der Waals surface area contributed by atoms with Gasteiger partial charge in [0, 0.05) is 16.6 Å². The smallest absolute Gasteiger partial charge is 0.299 e. The molecule has 7 heteroatoms. The molecule has 0 saturated heterocycles. The first-order valence-corrected chi connectivity index (χ1v) is 6.35.